The van der Waals surface area contributed by atoms with Crippen LogP contribution in [0, 0.1) is 0 Å². The van der Waals surface area contributed by atoms with Gasteiger partial charge < -0.3 is 15.8 Å². The van der Waals surface area contributed by atoms with Crippen LogP contribution >= 0.6 is 0 Å². The van der Waals surface area contributed by atoms with Crippen molar-refractivity contribution in [1.82, 2.24) is 9.97 Å². The molecule has 1 aromatic heterocycles. The number of nitrogens with two attached hydrogens (primary N) is 1. The molecule has 1 aromatic carbocycles. The van der Waals surface area contributed by atoms with Crippen molar-refractivity contribution >= 4 is 11.8 Å². The molecule has 0 aliphatic heterocycles. The van der Waals surface area contributed by atoms with E-state index in [2.05, 4.69) is 15.3 Å². The summed E-state index contributed by atoms with van der Waals surface area (Å²) in [5, 5.41) is 3.13. The van der Waals surface area contributed by atoms with Crippen molar-refractivity contribution in [2.75, 3.05) is 24.7 Å². The third-order valence-corrected chi connectivity index (χ3v) is 2.53. The Hall–Kier alpha value is -2.30. The fraction of sp³-hybridized carbons (Fsp3) is 0.231. The maximum absolute atomic E-state index is 5.57. The molecule has 5 nitrogen and oxygen atoms in total. The molecule has 5 heteroatoms. The van der Waals surface area contributed by atoms with E-state index in [9.17, 15) is 0 Å². The van der Waals surface area contributed by atoms with Crippen molar-refractivity contribution in [2.24, 2.45) is 0 Å². The molecule has 0 unspecified atom stereocenters. The lowest BCUT2D eigenvalue weighted by atomic mass is 10.1. The zero-order valence-electron chi connectivity index (χ0n) is 10.3. The normalized spacial score (nSPS) is 10.1. The van der Waals surface area contributed by atoms with Gasteiger partial charge in [-0.15, -0.1) is 0 Å². The van der Waals surface area contributed by atoms with E-state index >= 15 is 0 Å². The SMILES string of the molecule is COc1ccc(CCNc2nccc(N)n2)cc1. The van der Waals surface area contributed by atoms with Crippen molar-refractivity contribution in [3.05, 3.63) is 42.1 Å². The first-order valence-corrected chi connectivity index (χ1v) is 5.73. The lowest BCUT2D eigenvalue weighted by molar-refractivity contribution is 0.414. The molecule has 18 heavy (non-hydrogen) atoms. The molecule has 3 N–H and O–H groups in total. The van der Waals surface area contributed by atoms with E-state index < -0.39 is 0 Å². The molecule has 94 valence electrons. The number of nitrogen functional groups attached to an aromatic ring is 1. The predicted molar refractivity (Wildman–Crippen MR) is 71.6 cm³/mol. The standard InChI is InChI=1S/C13H16N4O/c1-18-11-4-2-10(3-5-11)6-8-15-13-16-9-7-12(14)17-13/h2-5,7,9H,6,8H2,1H3,(H3,14,15,16,17). The number of methoxy groups -OCH3 is 1. The summed E-state index contributed by atoms with van der Waals surface area (Å²) in [6.07, 6.45) is 2.53. The zero-order chi connectivity index (χ0) is 12.8. The Kier molecular flexibility index (Phi) is 3.96. The number of rotatable bonds is 5. The van der Waals surface area contributed by atoms with Gasteiger partial charge in [-0.25, -0.2) is 4.98 Å². The molecule has 0 atom stereocenters. The first kappa shape index (κ1) is 12.2. The molecular weight excluding hydrogens is 228 g/mol. The van der Waals surface area contributed by atoms with Crippen molar-refractivity contribution in [2.45, 2.75) is 6.42 Å². The molecule has 1 heterocycles. The van der Waals surface area contributed by atoms with Gasteiger partial charge >= 0.3 is 0 Å². The highest BCUT2D eigenvalue weighted by Crippen LogP contribution is 2.11. The van der Waals surface area contributed by atoms with Crippen LogP contribution in [-0.4, -0.2) is 23.6 Å². The highest BCUT2D eigenvalue weighted by atomic mass is 16.5. The van der Waals surface area contributed by atoms with E-state index in [1.807, 2.05) is 24.3 Å². The number of anilines is 2. The monoisotopic (exact) mass is 244 g/mol. The second kappa shape index (κ2) is 5.86. The lowest BCUT2D eigenvalue weighted by Gasteiger charge is -2.06. The van der Waals surface area contributed by atoms with Crippen molar-refractivity contribution in [3.8, 4) is 5.75 Å². The van der Waals surface area contributed by atoms with Crippen molar-refractivity contribution < 1.29 is 4.74 Å². The van der Waals surface area contributed by atoms with Gasteiger partial charge in [0.15, 0.2) is 0 Å². The van der Waals surface area contributed by atoms with Gasteiger partial charge in [-0.3, -0.25) is 0 Å². The minimum Gasteiger partial charge on any atom is -0.497 e. The smallest absolute Gasteiger partial charge is 0.224 e. The summed E-state index contributed by atoms with van der Waals surface area (Å²) in [5.74, 6) is 1.89. The fourth-order valence-electron chi connectivity index (χ4n) is 1.57. The van der Waals surface area contributed by atoms with Gasteiger partial charge in [0, 0.05) is 12.7 Å². The summed E-state index contributed by atoms with van der Waals surface area (Å²) in [4.78, 5) is 8.14. The van der Waals surface area contributed by atoms with Crippen LogP contribution < -0.4 is 15.8 Å². The number of benzene rings is 1. The van der Waals surface area contributed by atoms with Gasteiger partial charge in [0.2, 0.25) is 5.95 Å². The third kappa shape index (κ3) is 3.35. The summed E-state index contributed by atoms with van der Waals surface area (Å²) in [6.45, 7) is 0.760. The van der Waals surface area contributed by atoms with Crippen LogP contribution in [0.25, 0.3) is 0 Å². The van der Waals surface area contributed by atoms with E-state index in [1.165, 1.54) is 5.56 Å². The van der Waals surface area contributed by atoms with E-state index in [-0.39, 0.29) is 0 Å². The maximum Gasteiger partial charge on any atom is 0.224 e. The van der Waals surface area contributed by atoms with Crippen LogP contribution in [0.3, 0.4) is 0 Å². The molecule has 0 spiro atoms. The number of nitrogens with zero attached hydrogens (tertiary/aromatic N) is 2. The molecule has 0 amide bonds. The van der Waals surface area contributed by atoms with Gasteiger partial charge in [0.25, 0.3) is 0 Å². The van der Waals surface area contributed by atoms with Gasteiger partial charge in [0.05, 0.1) is 7.11 Å². The van der Waals surface area contributed by atoms with E-state index in [0.717, 1.165) is 18.7 Å². The van der Waals surface area contributed by atoms with Crippen LogP contribution in [0.2, 0.25) is 0 Å². The van der Waals surface area contributed by atoms with Gasteiger partial charge in [0.1, 0.15) is 11.6 Å². The minimum atomic E-state index is 0.469. The fourth-order valence-corrected chi connectivity index (χ4v) is 1.57. The summed E-state index contributed by atoms with van der Waals surface area (Å²) in [7, 11) is 1.66. The van der Waals surface area contributed by atoms with Crippen LogP contribution in [0.4, 0.5) is 11.8 Å². The Balaban J connectivity index is 1.84. The average molecular weight is 244 g/mol. The Morgan fingerprint density at radius 2 is 2.00 bits per heavy atom. The van der Waals surface area contributed by atoms with Gasteiger partial charge in [-0.05, 0) is 30.2 Å². The van der Waals surface area contributed by atoms with Crippen LogP contribution in [-0.2, 0) is 6.42 Å². The van der Waals surface area contributed by atoms with Crippen LogP contribution in [0.15, 0.2) is 36.5 Å². The maximum atomic E-state index is 5.57. The second-order valence-electron chi connectivity index (χ2n) is 3.83. The Morgan fingerprint density at radius 1 is 1.22 bits per heavy atom. The summed E-state index contributed by atoms with van der Waals surface area (Å²) in [6, 6.07) is 9.65. The molecule has 0 radical (unpaired) electrons. The molecule has 0 saturated heterocycles. The number of hydrogen-bond donors (Lipinski definition) is 2. The molecule has 0 aliphatic rings. The number of nitrogens with one attached hydrogen (secondary N) is 1. The quantitative estimate of drug-likeness (QED) is 0.837. The number of hydrogen-bond acceptors (Lipinski definition) is 5. The Morgan fingerprint density at radius 3 is 2.67 bits per heavy atom. The van der Waals surface area contributed by atoms with Crippen molar-refractivity contribution in [1.29, 1.82) is 0 Å². The van der Waals surface area contributed by atoms with Gasteiger partial charge in [-0.2, -0.15) is 4.98 Å². The van der Waals surface area contributed by atoms with E-state index in [4.69, 9.17) is 10.5 Å². The minimum absolute atomic E-state index is 0.469. The summed E-state index contributed by atoms with van der Waals surface area (Å²) < 4.78 is 5.11. The third-order valence-electron chi connectivity index (χ3n) is 2.53. The molecule has 0 fully saturated rings. The first-order valence-electron chi connectivity index (χ1n) is 5.73. The summed E-state index contributed by atoms with van der Waals surface area (Å²) >= 11 is 0. The van der Waals surface area contributed by atoms with Crippen LogP contribution in [0.5, 0.6) is 5.75 Å². The zero-order valence-corrected chi connectivity index (χ0v) is 10.3. The van der Waals surface area contributed by atoms with Crippen LogP contribution in [0.1, 0.15) is 5.56 Å². The van der Waals surface area contributed by atoms with E-state index in [0.29, 0.717) is 11.8 Å². The Bertz CT molecular complexity index is 499. The molecule has 0 aliphatic carbocycles. The first-order chi connectivity index (χ1) is 8.78. The highest BCUT2D eigenvalue weighted by molar-refractivity contribution is 5.35. The average Bonchev–Trinajstić information content (AvgIpc) is 2.40. The summed E-state index contributed by atoms with van der Waals surface area (Å²) in [5.41, 5.74) is 6.80. The molecule has 0 saturated carbocycles. The number of ether oxygens (including phenoxy) is 1. The van der Waals surface area contributed by atoms with Gasteiger partial charge in [-0.1, -0.05) is 12.1 Å². The molecule has 2 rings (SSSR count). The largest absolute Gasteiger partial charge is 0.497 e. The molecular formula is C13H16N4O. The highest BCUT2D eigenvalue weighted by Gasteiger charge is 1.97. The molecule has 2 aromatic rings. The Labute approximate surface area is 106 Å². The van der Waals surface area contributed by atoms with Crippen molar-refractivity contribution in [3.63, 3.8) is 0 Å². The predicted octanol–water partition coefficient (Wildman–Crippen LogP) is 1.72. The lowest BCUT2D eigenvalue weighted by Crippen LogP contribution is -2.08. The topological polar surface area (TPSA) is 73.1 Å². The molecule has 0 bridgehead atoms. The van der Waals surface area contributed by atoms with E-state index in [1.54, 1.807) is 19.4 Å². The second-order valence-corrected chi connectivity index (χ2v) is 3.83. The number of aromatic nitrogens is 2.